The normalized spacial score (nSPS) is 13.6. The Bertz CT molecular complexity index is 1600. The second-order valence-electron chi connectivity index (χ2n) is 9.47. The van der Waals surface area contributed by atoms with Crippen LogP contribution in [0.15, 0.2) is 54.6 Å². The van der Waals surface area contributed by atoms with Crippen LogP contribution in [0.25, 0.3) is 11.1 Å². The summed E-state index contributed by atoms with van der Waals surface area (Å²) in [5.41, 5.74) is -1.55. The van der Waals surface area contributed by atoms with Crippen molar-refractivity contribution in [3.63, 3.8) is 0 Å². The van der Waals surface area contributed by atoms with Crippen molar-refractivity contribution in [2.75, 3.05) is 38.6 Å². The molecule has 0 spiro atoms. The van der Waals surface area contributed by atoms with Crippen LogP contribution in [0.5, 0.6) is 11.5 Å². The van der Waals surface area contributed by atoms with Crippen LogP contribution in [0.3, 0.4) is 0 Å². The van der Waals surface area contributed by atoms with Gasteiger partial charge in [0.25, 0.3) is 11.8 Å². The van der Waals surface area contributed by atoms with E-state index in [1.807, 2.05) is 0 Å². The highest BCUT2D eigenvalue weighted by Crippen LogP contribution is 2.35. The predicted octanol–water partition coefficient (Wildman–Crippen LogP) is 6.00. The molecule has 3 amide bonds. The lowest BCUT2D eigenvalue weighted by Crippen LogP contribution is -2.42. The van der Waals surface area contributed by atoms with Crippen LogP contribution >= 0.6 is 11.6 Å². The van der Waals surface area contributed by atoms with E-state index in [1.165, 1.54) is 30.1 Å². The van der Waals surface area contributed by atoms with Crippen LogP contribution in [0.2, 0.25) is 5.02 Å². The van der Waals surface area contributed by atoms with Crippen LogP contribution in [0.4, 0.5) is 36.4 Å². The lowest BCUT2D eigenvalue weighted by atomic mass is 9.98. The number of carbonyl (C=O) groups is 3. The van der Waals surface area contributed by atoms with Gasteiger partial charge in [-0.05, 0) is 48.0 Å². The first kappa shape index (κ1) is 32.4. The average Bonchev–Trinajstić information content (AvgIpc) is 3.04. The molecule has 1 heterocycles. The van der Waals surface area contributed by atoms with Crippen LogP contribution in [0, 0.1) is 5.82 Å². The maximum Gasteiger partial charge on any atom is 0.573 e. The minimum Gasteiger partial charge on any atom is -0.482 e. The number of hydrogen-bond donors (Lipinski definition) is 1. The number of likely N-dealkylation sites (N-methyl/N-ethyl adjacent to an activating group) is 1. The number of amides is 3. The van der Waals surface area contributed by atoms with Gasteiger partial charge in [0, 0.05) is 31.8 Å². The Labute approximate surface area is 249 Å². The fourth-order valence-corrected chi connectivity index (χ4v) is 4.37. The third kappa shape index (κ3) is 7.89. The summed E-state index contributed by atoms with van der Waals surface area (Å²) in [4.78, 5) is 40.7. The highest BCUT2D eigenvalue weighted by Gasteiger charge is 2.33. The number of benzene rings is 3. The van der Waals surface area contributed by atoms with Crippen molar-refractivity contribution in [3.8, 4) is 22.6 Å². The fourth-order valence-electron chi connectivity index (χ4n) is 4.15. The van der Waals surface area contributed by atoms with Gasteiger partial charge in [-0.2, -0.15) is 13.2 Å². The summed E-state index contributed by atoms with van der Waals surface area (Å²) in [5, 5.41) is 2.28. The summed E-state index contributed by atoms with van der Waals surface area (Å²) < 4.78 is 100. The van der Waals surface area contributed by atoms with E-state index < -0.39 is 66.1 Å². The van der Waals surface area contributed by atoms with Crippen molar-refractivity contribution < 1.29 is 54.6 Å². The zero-order valence-corrected chi connectivity index (χ0v) is 23.2. The van der Waals surface area contributed by atoms with E-state index >= 15 is 0 Å². The minimum absolute atomic E-state index is 0.0297. The van der Waals surface area contributed by atoms with Gasteiger partial charge < -0.3 is 24.6 Å². The van der Waals surface area contributed by atoms with E-state index in [1.54, 1.807) is 0 Å². The first-order valence-electron chi connectivity index (χ1n) is 12.5. The number of carbonyl (C=O) groups excluding carboxylic acids is 3. The number of nitrogens with one attached hydrogen (secondary N) is 1. The SMILES string of the molecule is CN(CCN1CC(=O)Nc2ccc(-c3cc(C(F)(F)F)ccc3F)cc2C1=O)C(=O)COc1ccc(OC(F)(F)F)cc1Cl. The fraction of sp³-hybridized carbons (Fsp3) is 0.250. The molecular weight excluding hydrogens is 627 g/mol. The Kier molecular flexibility index (Phi) is 9.27. The molecule has 234 valence electrons. The average molecular weight is 648 g/mol. The quantitative estimate of drug-likeness (QED) is 0.304. The molecule has 0 atom stereocenters. The lowest BCUT2D eigenvalue weighted by Gasteiger charge is -2.24. The van der Waals surface area contributed by atoms with Crippen LogP contribution in [-0.2, 0) is 15.8 Å². The number of anilines is 1. The molecule has 3 aromatic rings. The van der Waals surface area contributed by atoms with Crippen LogP contribution in [0.1, 0.15) is 15.9 Å². The van der Waals surface area contributed by atoms with Crippen molar-refractivity contribution in [1.82, 2.24) is 9.80 Å². The Morgan fingerprint density at radius 1 is 1.00 bits per heavy atom. The Hall–Kier alpha value is -4.53. The Morgan fingerprint density at radius 2 is 1.73 bits per heavy atom. The standard InChI is InChI=1S/C28H21ClF7N3O5/c1-38(25(41)14-43-23-7-4-17(12-20(23)29)44-28(34,35)36)8-9-39-13-24(40)37-22-6-2-15(10-19(22)26(39)42)18-11-16(27(31,32)33)3-5-21(18)30/h2-7,10-12H,8-9,13-14H2,1H3,(H,37,40). The lowest BCUT2D eigenvalue weighted by molar-refractivity contribution is -0.274. The van der Waals surface area contributed by atoms with E-state index in [9.17, 15) is 45.1 Å². The monoisotopic (exact) mass is 647 g/mol. The van der Waals surface area contributed by atoms with Gasteiger partial charge >= 0.3 is 12.5 Å². The Balaban J connectivity index is 1.43. The molecule has 3 aromatic carbocycles. The molecule has 0 aliphatic carbocycles. The zero-order chi connectivity index (χ0) is 32.4. The number of halogens is 8. The number of nitrogens with zero attached hydrogens (tertiary/aromatic N) is 2. The maximum absolute atomic E-state index is 14.5. The first-order chi connectivity index (χ1) is 20.5. The number of rotatable bonds is 8. The van der Waals surface area contributed by atoms with Crippen molar-refractivity contribution in [3.05, 3.63) is 76.6 Å². The molecule has 0 unspecified atom stereocenters. The van der Waals surface area contributed by atoms with Crippen molar-refractivity contribution in [1.29, 1.82) is 0 Å². The van der Waals surface area contributed by atoms with Crippen molar-refractivity contribution in [2.45, 2.75) is 12.5 Å². The van der Waals surface area contributed by atoms with E-state index in [0.29, 0.717) is 18.2 Å². The molecule has 0 fully saturated rings. The molecule has 4 rings (SSSR count). The molecule has 16 heteroatoms. The molecule has 0 bridgehead atoms. The molecule has 0 aromatic heterocycles. The van der Waals surface area contributed by atoms with E-state index in [2.05, 4.69) is 10.1 Å². The summed E-state index contributed by atoms with van der Waals surface area (Å²) >= 11 is 5.91. The van der Waals surface area contributed by atoms with Crippen LogP contribution < -0.4 is 14.8 Å². The summed E-state index contributed by atoms with van der Waals surface area (Å²) in [6.45, 7) is -1.23. The van der Waals surface area contributed by atoms with Gasteiger partial charge in [-0.25, -0.2) is 4.39 Å². The molecule has 44 heavy (non-hydrogen) atoms. The number of fused-ring (bicyclic) bond motifs is 1. The van der Waals surface area contributed by atoms with Gasteiger partial charge in [-0.3, -0.25) is 14.4 Å². The second-order valence-corrected chi connectivity index (χ2v) is 9.88. The highest BCUT2D eigenvalue weighted by molar-refractivity contribution is 6.32. The second kappa shape index (κ2) is 12.6. The minimum atomic E-state index is -4.93. The summed E-state index contributed by atoms with van der Waals surface area (Å²) in [5.74, 6) is -3.51. The zero-order valence-electron chi connectivity index (χ0n) is 22.5. The Morgan fingerprint density at radius 3 is 2.39 bits per heavy atom. The van der Waals surface area contributed by atoms with E-state index in [0.717, 1.165) is 23.1 Å². The summed E-state index contributed by atoms with van der Waals surface area (Å²) in [7, 11) is 1.37. The van der Waals surface area contributed by atoms with E-state index in [-0.39, 0.29) is 40.7 Å². The molecule has 1 N–H and O–H groups in total. The molecule has 0 saturated heterocycles. The summed E-state index contributed by atoms with van der Waals surface area (Å²) in [6, 6.07) is 8.50. The first-order valence-corrected chi connectivity index (χ1v) is 12.9. The van der Waals surface area contributed by atoms with Gasteiger partial charge in [-0.1, -0.05) is 17.7 Å². The van der Waals surface area contributed by atoms with Gasteiger partial charge in [0.15, 0.2) is 6.61 Å². The number of hydrogen-bond acceptors (Lipinski definition) is 5. The molecule has 0 saturated carbocycles. The largest absolute Gasteiger partial charge is 0.573 e. The third-order valence-electron chi connectivity index (χ3n) is 6.37. The van der Waals surface area contributed by atoms with E-state index in [4.69, 9.17) is 16.3 Å². The van der Waals surface area contributed by atoms with Crippen molar-refractivity contribution in [2.24, 2.45) is 0 Å². The van der Waals surface area contributed by atoms with Gasteiger partial charge in [-0.15, -0.1) is 13.2 Å². The number of ether oxygens (including phenoxy) is 2. The number of alkyl halides is 6. The molecule has 8 nitrogen and oxygen atoms in total. The van der Waals surface area contributed by atoms with Crippen LogP contribution in [-0.4, -0.2) is 67.2 Å². The van der Waals surface area contributed by atoms with Gasteiger partial charge in [0.05, 0.1) is 21.8 Å². The molecular formula is C28H21ClF7N3O5. The molecule has 1 aliphatic rings. The molecule has 0 radical (unpaired) electrons. The highest BCUT2D eigenvalue weighted by atomic mass is 35.5. The van der Waals surface area contributed by atoms with Gasteiger partial charge in [0.2, 0.25) is 5.91 Å². The summed E-state index contributed by atoms with van der Waals surface area (Å²) in [6.07, 6.45) is -9.66. The topological polar surface area (TPSA) is 88.2 Å². The molecule has 1 aliphatic heterocycles. The van der Waals surface area contributed by atoms with Crippen molar-refractivity contribution >= 4 is 35.0 Å². The maximum atomic E-state index is 14.5. The van der Waals surface area contributed by atoms with Gasteiger partial charge in [0.1, 0.15) is 23.9 Å². The third-order valence-corrected chi connectivity index (χ3v) is 6.66. The smallest absolute Gasteiger partial charge is 0.482 e. The predicted molar refractivity (Wildman–Crippen MR) is 143 cm³/mol.